The number of unbranched alkanes of at least 4 members (excludes halogenated alkanes) is 22. The van der Waals surface area contributed by atoms with E-state index in [0.29, 0.717) is 12.8 Å². The topological polar surface area (TPSA) is 57.6 Å². The first-order valence-electron chi connectivity index (χ1n) is 19.6. The Kier molecular flexibility index (Phi) is 34.8. The fraction of sp³-hybridized carbons (Fsp3) is 0.854. The van der Waals surface area contributed by atoms with Gasteiger partial charge in [0.1, 0.15) is 11.8 Å². The summed E-state index contributed by atoms with van der Waals surface area (Å²) in [7, 11) is 1.71. The van der Waals surface area contributed by atoms with Crippen LogP contribution in [0.2, 0.25) is 0 Å². The predicted octanol–water partition coefficient (Wildman–Crippen LogP) is 12.7. The average Bonchev–Trinajstić information content (AvgIpc) is 3.03. The third-order valence-corrected chi connectivity index (χ3v) is 9.68. The molecule has 46 heavy (non-hydrogen) atoms. The first-order chi connectivity index (χ1) is 21.8. The number of aliphatic hydroxyl groups is 1. The monoisotopic (exact) mass is 668 g/mol. The minimum Gasteiger partial charge on any atom is -0.379 e. The number of rotatable bonds is 34. The van der Waals surface area contributed by atoms with Crippen LogP contribution in [-0.4, -0.2) is 40.4 Å². The molecule has 0 aliphatic rings. The van der Waals surface area contributed by atoms with Crippen LogP contribution in [0.25, 0.3) is 0 Å². The van der Waals surface area contributed by atoms with E-state index in [1.807, 2.05) is 0 Å². The van der Waals surface area contributed by atoms with Gasteiger partial charge in [0.2, 0.25) is 0 Å². The van der Waals surface area contributed by atoms with Crippen LogP contribution in [0.15, 0.2) is 24.3 Å². The lowest BCUT2D eigenvalue weighted by Gasteiger charge is -2.38. The van der Waals surface area contributed by atoms with E-state index < -0.39 is 11.8 Å². The van der Waals surface area contributed by atoms with Crippen LogP contribution in [0, 0.1) is 0 Å². The number of carbonyl (C=O) groups excluding carboxylic acids is 2. The number of hydrogen-bond donors (Lipinski definition) is 1. The molecular weight excluding hydrogens is 590 g/mol. The molecule has 0 fully saturated rings. The maximum absolute atomic E-state index is 13.4. The highest BCUT2D eigenvalue weighted by atomic mass is 35.5. The van der Waals surface area contributed by atoms with Crippen LogP contribution in [0.5, 0.6) is 0 Å². The van der Waals surface area contributed by atoms with E-state index in [1.165, 1.54) is 116 Å². The fourth-order valence-electron chi connectivity index (χ4n) is 6.12. The molecule has 1 N–H and O–H groups in total. The molecule has 0 aliphatic heterocycles. The number of likely N-dealkylation sites (N-methyl/N-ethyl adjacent to an activating group) is 1. The number of carbonyl (C=O) groups is 2. The standard InChI is InChI=1S/C41H77NO3.ClH/c1-6-8-10-12-14-16-18-20-22-24-26-28-30-32-34-36-39(44)41(4,42(5)38(3)43)40(45)37-35-33-31-29-27-25-23-21-19-17-15-13-11-9-7-2;/h20-23,38,43H,6-19,24-37H2,1-5H3;1H/b22-20-,23-21-;. The van der Waals surface area contributed by atoms with Crippen molar-refractivity contribution in [3.05, 3.63) is 24.3 Å². The number of allylic oxidation sites excluding steroid dienone is 4. The lowest BCUT2D eigenvalue weighted by atomic mass is 9.84. The fourth-order valence-corrected chi connectivity index (χ4v) is 6.12. The van der Waals surface area contributed by atoms with Crippen LogP contribution in [0.1, 0.15) is 207 Å². The maximum atomic E-state index is 13.4. The molecule has 0 aromatic heterocycles. The summed E-state index contributed by atoms with van der Waals surface area (Å²) in [5, 5.41) is 10.3. The van der Waals surface area contributed by atoms with Gasteiger partial charge in [-0.1, -0.05) is 141 Å². The minimum atomic E-state index is -1.24. The highest BCUT2D eigenvalue weighted by Gasteiger charge is 2.44. The molecule has 4 nitrogen and oxygen atoms in total. The summed E-state index contributed by atoms with van der Waals surface area (Å²) >= 11 is 0. The van der Waals surface area contributed by atoms with Crippen molar-refractivity contribution in [3.63, 3.8) is 0 Å². The van der Waals surface area contributed by atoms with E-state index in [-0.39, 0.29) is 24.0 Å². The number of nitrogens with zero attached hydrogens (tertiary/aromatic N) is 1. The molecule has 1 atom stereocenters. The molecular formula is C41H78ClNO3. The van der Waals surface area contributed by atoms with Crippen molar-refractivity contribution in [2.24, 2.45) is 0 Å². The van der Waals surface area contributed by atoms with Gasteiger partial charge in [-0.2, -0.15) is 0 Å². The Bertz CT molecular complexity index is 696. The Morgan fingerprint density at radius 2 is 0.804 bits per heavy atom. The Hall–Kier alpha value is -0.970. The predicted molar refractivity (Wildman–Crippen MR) is 204 cm³/mol. The van der Waals surface area contributed by atoms with Crippen LogP contribution >= 0.6 is 12.4 Å². The SMILES string of the molecule is CCCCCCCC/C=C\CCCCCCCC(=O)C(C)(C(=O)CCCCCCC/C=C\CCCCCCCC)N(C)C(C)O.Cl. The molecule has 0 saturated carbocycles. The highest BCUT2D eigenvalue weighted by molar-refractivity contribution is 6.11. The normalized spacial score (nSPS) is 12.8. The van der Waals surface area contributed by atoms with Gasteiger partial charge in [-0.05, 0) is 85.1 Å². The number of ketones is 2. The largest absolute Gasteiger partial charge is 0.379 e. The number of hydrogen-bond acceptors (Lipinski definition) is 4. The molecule has 0 bridgehead atoms. The lowest BCUT2D eigenvalue weighted by Crippen LogP contribution is -2.59. The van der Waals surface area contributed by atoms with Crippen molar-refractivity contribution in [1.29, 1.82) is 0 Å². The molecule has 0 amide bonds. The summed E-state index contributed by atoms with van der Waals surface area (Å²) in [6, 6.07) is 0. The van der Waals surface area contributed by atoms with Crippen LogP contribution in [0.4, 0.5) is 0 Å². The lowest BCUT2D eigenvalue weighted by molar-refractivity contribution is -0.149. The Balaban J connectivity index is 0. The molecule has 0 aromatic rings. The van der Waals surface area contributed by atoms with Crippen molar-refractivity contribution >= 4 is 24.0 Å². The van der Waals surface area contributed by atoms with Crippen molar-refractivity contribution in [1.82, 2.24) is 4.90 Å². The summed E-state index contributed by atoms with van der Waals surface area (Å²) in [5.41, 5.74) is -1.24. The van der Waals surface area contributed by atoms with Crippen LogP contribution in [0.3, 0.4) is 0 Å². The number of aliphatic hydroxyl groups excluding tert-OH is 1. The minimum absolute atomic E-state index is 0. The second kappa shape index (κ2) is 33.9. The van der Waals surface area contributed by atoms with Crippen LogP contribution in [-0.2, 0) is 9.59 Å². The molecule has 272 valence electrons. The molecule has 0 aromatic carbocycles. The van der Waals surface area contributed by atoms with E-state index in [0.717, 1.165) is 51.4 Å². The Morgan fingerprint density at radius 3 is 1.09 bits per heavy atom. The van der Waals surface area contributed by atoms with Gasteiger partial charge in [-0.3, -0.25) is 14.5 Å². The molecule has 0 radical (unpaired) electrons. The molecule has 0 heterocycles. The summed E-state index contributed by atoms with van der Waals surface area (Å²) in [4.78, 5) is 28.3. The first-order valence-corrected chi connectivity index (χ1v) is 19.6. The Morgan fingerprint density at radius 1 is 0.543 bits per heavy atom. The van der Waals surface area contributed by atoms with Gasteiger partial charge in [-0.15, -0.1) is 12.4 Å². The van der Waals surface area contributed by atoms with E-state index in [2.05, 4.69) is 38.2 Å². The highest BCUT2D eigenvalue weighted by Crippen LogP contribution is 2.25. The zero-order valence-electron chi connectivity index (χ0n) is 31.3. The van der Waals surface area contributed by atoms with Gasteiger partial charge >= 0.3 is 0 Å². The Labute approximate surface area is 293 Å². The first kappa shape index (κ1) is 47.1. The average molecular weight is 669 g/mol. The third kappa shape index (κ3) is 25.1. The van der Waals surface area contributed by atoms with Gasteiger partial charge < -0.3 is 5.11 Å². The van der Waals surface area contributed by atoms with Gasteiger partial charge in [-0.25, -0.2) is 0 Å². The number of Topliss-reactive ketones (excluding diaryl/α,β-unsaturated/α-hetero) is 2. The summed E-state index contributed by atoms with van der Waals surface area (Å²) < 4.78 is 0. The summed E-state index contributed by atoms with van der Waals surface area (Å²) in [5.74, 6) is -0.0810. The van der Waals surface area contributed by atoms with Crippen molar-refractivity contribution < 1.29 is 14.7 Å². The van der Waals surface area contributed by atoms with Gasteiger partial charge in [0, 0.05) is 12.8 Å². The van der Waals surface area contributed by atoms with E-state index in [9.17, 15) is 14.7 Å². The van der Waals surface area contributed by atoms with Crippen LogP contribution < -0.4 is 0 Å². The molecule has 0 saturated heterocycles. The van der Waals surface area contributed by atoms with E-state index >= 15 is 0 Å². The smallest absolute Gasteiger partial charge is 0.160 e. The molecule has 5 heteroatoms. The van der Waals surface area contributed by atoms with E-state index in [1.54, 1.807) is 25.8 Å². The zero-order valence-corrected chi connectivity index (χ0v) is 32.1. The molecule has 0 aliphatic carbocycles. The van der Waals surface area contributed by atoms with E-state index in [4.69, 9.17) is 0 Å². The number of halogens is 1. The molecule has 1 unspecified atom stereocenters. The van der Waals surface area contributed by atoms with Crippen molar-refractivity contribution in [2.75, 3.05) is 7.05 Å². The van der Waals surface area contributed by atoms with Gasteiger partial charge in [0.15, 0.2) is 11.6 Å². The third-order valence-electron chi connectivity index (χ3n) is 9.68. The van der Waals surface area contributed by atoms with Crippen molar-refractivity contribution in [3.8, 4) is 0 Å². The summed E-state index contributed by atoms with van der Waals surface area (Å²) in [6.45, 7) is 7.91. The van der Waals surface area contributed by atoms with Crippen molar-refractivity contribution in [2.45, 2.75) is 219 Å². The second-order valence-electron chi connectivity index (χ2n) is 13.8. The molecule has 0 rings (SSSR count). The quantitative estimate of drug-likeness (QED) is 0.0321. The van der Waals surface area contributed by atoms with Gasteiger partial charge in [0.05, 0.1) is 0 Å². The zero-order chi connectivity index (χ0) is 33.4. The molecule has 0 spiro atoms. The second-order valence-corrected chi connectivity index (χ2v) is 13.8. The maximum Gasteiger partial charge on any atom is 0.160 e. The van der Waals surface area contributed by atoms with Gasteiger partial charge in [0.25, 0.3) is 0 Å². The summed E-state index contributed by atoms with van der Waals surface area (Å²) in [6.07, 6.45) is 41.1.